The molecule has 0 unspecified atom stereocenters. The number of aromatic nitrogens is 2. The van der Waals surface area contributed by atoms with Crippen LogP contribution in [0.3, 0.4) is 0 Å². The smallest absolute Gasteiger partial charge is 0.171 e. The van der Waals surface area contributed by atoms with Crippen LogP contribution in [0.15, 0.2) is 22.0 Å². The predicted molar refractivity (Wildman–Crippen MR) is 83.8 cm³/mol. The first-order chi connectivity index (χ1) is 9.26. The fourth-order valence-electron chi connectivity index (χ4n) is 1.94. The van der Waals surface area contributed by atoms with E-state index in [1.54, 1.807) is 11.3 Å². The lowest BCUT2D eigenvalue weighted by molar-refractivity contribution is 0.949. The van der Waals surface area contributed by atoms with Gasteiger partial charge < -0.3 is 5.32 Å². The topological polar surface area (TPSA) is 37.8 Å². The van der Waals surface area contributed by atoms with Crippen molar-refractivity contribution in [1.29, 1.82) is 0 Å². The van der Waals surface area contributed by atoms with E-state index >= 15 is 0 Å². The molecule has 19 heavy (non-hydrogen) atoms. The van der Waals surface area contributed by atoms with Gasteiger partial charge in [0.2, 0.25) is 0 Å². The molecule has 0 radical (unpaired) electrons. The Bertz CT molecular complexity index is 578. The second kappa shape index (κ2) is 5.59. The van der Waals surface area contributed by atoms with Crippen molar-refractivity contribution in [1.82, 2.24) is 9.97 Å². The molecule has 0 atom stereocenters. The van der Waals surface area contributed by atoms with E-state index in [4.69, 9.17) is 4.98 Å². The van der Waals surface area contributed by atoms with E-state index in [0.29, 0.717) is 5.92 Å². The molecular formula is C14H16BrN3S. The summed E-state index contributed by atoms with van der Waals surface area (Å²) in [5, 5.41) is 5.45. The molecule has 1 N–H and O–H groups in total. The van der Waals surface area contributed by atoms with Gasteiger partial charge in [-0.3, -0.25) is 0 Å². The van der Waals surface area contributed by atoms with E-state index in [1.807, 2.05) is 0 Å². The summed E-state index contributed by atoms with van der Waals surface area (Å²) in [5.74, 6) is 2.45. The quantitative estimate of drug-likeness (QED) is 0.861. The van der Waals surface area contributed by atoms with Gasteiger partial charge in [0.25, 0.3) is 0 Å². The molecule has 2 aromatic heterocycles. The maximum atomic E-state index is 4.73. The molecule has 2 heterocycles. The zero-order valence-corrected chi connectivity index (χ0v) is 13.2. The molecule has 3 rings (SSSR count). The van der Waals surface area contributed by atoms with Crippen molar-refractivity contribution in [3.8, 4) is 10.7 Å². The first kappa shape index (κ1) is 13.1. The van der Waals surface area contributed by atoms with Crippen LogP contribution in [-0.2, 0) is 0 Å². The normalized spacial score (nSPS) is 14.6. The van der Waals surface area contributed by atoms with Crippen molar-refractivity contribution in [2.24, 2.45) is 0 Å². The molecular weight excluding hydrogens is 322 g/mol. The van der Waals surface area contributed by atoms with Crippen molar-refractivity contribution >= 4 is 33.1 Å². The third kappa shape index (κ3) is 3.15. The highest BCUT2D eigenvalue weighted by molar-refractivity contribution is 9.10. The number of nitrogens with zero attached hydrogens (tertiary/aromatic N) is 2. The molecule has 3 nitrogen and oxygen atoms in total. The minimum absolute atomic E-state index is 0.646. The molecule has 1 saturated carbocycles. The largest absolute Gasteiger partial charge is 0.370 e. The highest BCUT2D eigenvalue weighted by Crippen LogP contribution is 2.40. The second-order valence-corrected chi connectivity index (χ2v) is 6.66. The molecule has 0 bridgehead atoms. The summed E-state index contributed by atoms with van der Waals surface area (Å²) in [4.78, 5) is 10.5. The summed E-state index contributed by atoms with van der Waals surface area (Å²) in [6.45, 7) is 3.11. The molecule has 1 fully saturated rings. The van der Waals surface area contributed by atoms with Crippen molar-refractivity contribution in [2.75, 3.05) is 11.9 Å². The average molecular weight is 338 g/mol. The van der Waals surface area contributed by atoms with Gasteiger partial charge in [-0.1, -0.05) is 6.92 Å². The Morgan fingerprint density at radius 3 is 2.84 bits per heavy atom. The van der Waals surface area contributed by atoms with Gasteiger partial charge in [0.15, 0.2) is 5.82 Å². The number of hydrogen-bond donors (Lipinski definition) is 1. The molecule has 2 aromatic rings. The van der Waals surface area contributed by atoms with Crippen LogP contribution >= 0.6 is 27.3 Å². The fraction of sp³-hybridized carbons (Fsp3) is 0.429. The molecule has 1 aliphatic rings. The van der Waals surface area contributed by atoms with E-state index in [1.165, 1.54) is 18.5 Å². The molecule has 0 saturated heterocycles. The maximum Gasteiger partial charge on any atom is 0.171 e. The summed E-state index contributed by atoms with van der Waals surface area (Å²) in [6.07, 6.45) is 3.62. The molecule has 5 heteroatoms. The summed E-state index contributed by atoms with van der Waals surface area (Å²) >= 11 is 5.17. The molecule has 0 aliphatic heterocycles. The van der Waals surface area contributed by atoms with Crippen LogP contribution < -0.4 is 5.32 Å². The predicted octanol–water partition coefficient (Wildman–Crippen LogP) is 4.67. The summed E-state index contributed by atoms with van der Waals surface area (Å²) < 4.78 is 1.09. The highest BCUT2D eigenvalue weighted by atomic mass is 79.9. The minimum atomic E-state index is 0.646. The molecule has 1 aliphatic carbocycles. The SMILES string of the molecule is CCCNc1cc(C2CC2)nc(-c2cc(Br)cs2)n1. The van der Waals surface area contributed by atoms with Gasteiger partial charge in [0.1, 0.15) is 5.82 Å². The first-order valence-corrected chi connectivity index (χ1v) is 8.31. The van der Waals surface area contributed by atoms with E-state index in [9.17, 15) is 0 Å². The number of halogens is 1. The lowest BCUT2D eigenvalue weighted by Crippen LogP contribution is -2.05. The third-order valence-corrected chi connectivity index (χ3v) is 4.77. The van der Waals surface area contributed by atoms with Gasteiger partial charge >= 0.3 is 0 Å². The van der Waals surface area contributed by atoms with Crippen LogP contribution in [0.5, 0.6) is 0 Å². The van der Waals surface area contributed by atoms with Crippen LogP contribution in [0, 0.1) is 0 Å². The van der Waals surface area contributed by atoms with E-state index in [-0.39, 0.29) is 0 Å². The Hall–Kier alpha value is -0.940. The van der Waals surface area contributed by atoms with Gasteiger partial charge in [0, 0.05) is 34.1 Å². The van der Waals surface area contributed by atoms with E-state index in [2.05, 4.69) is 50.7 Å². The van der Waals surface area contributed by atoms with Crippen LogP contribution in [0.25, 0.3) is 10.7 Å². The Balaban J connectivity index is 1.95. The van der Waals surface area contributed by atoms with Crippen LogP contribution in [0.2, 0.25) is 0 Å². The molecule has 0 spiro atoms. The van der Waals surface area contributed by atoms with Crippen LogP contribution in [-0.4, -0.2) is 16.5 Å². The molecule has 0 amide bonds. The molecule has 0 aromatic carbocycles. The van der Waals surface area contributed by atoms with Crippen molar-refractivity contribution in [2.45, 2.75) is 32.1 Å². The number of hydrogen-bond acceptors (Lipinski definition) is 4. The zero-order chi connectivity index (χ0) is 13.2. The van der Waals surface area contributed by atoms with E-state index in [0.717, 1.165) is 34.0 Å². The Kier molecular flexibility index (Phi) is 3.84. The number of nitrogens with one attached hydrogen (secondary N) is 1. The highest BCUT2D eigenvalue weighted by Gasteiger charge is 2.26. The summed E-state index contributed by atoms with van der Waals surface area (Å²) in [6, 6.07) is 4.19. The second-order valence-electron chi connectivity index (χ2n) is 4.83. The summed E-state index contributed by atoms with van der Waals surface area (Å²) in [5.41, 5.74) is 1.19. The van der Waals surface area contributed by atoms with Gasteiger partial charge in [-0.2, -0.15) is 0 Å². The number of thiophene rings is 1. The fourth-order valence-corrected chi connectivity index (χ4v) is 3.30. The lowest BCUT2D eigenvalue weighted by atomic mass is 10.2. The minimum Gasteiger partial charge on any atom is -0.370 e. The number of anilines is 1. The van der Waals surface area contributed by atoms with Crippen molar-refractivity contribution in [3.05, 3.63) is 27.7 Å². The van der Waals surface area contributed by atoms with Crippen molar-refractivity contribution in [3.63, 3.8) is 0 Å². The zero-order valence-electron chi connectivity index (χ0n) is 10.8. The monoisotopic (exact) mass is 337 g/mol. The molecule has 100 valence electrons. The van der Waals surface area contributed by atoms with Crippen molar-refractivity contribution < 1.29 is 0 Å². The maximum absolute atomic E-state index is 4.73. The Morgan fingerprint density at radius 1 is 1.37 bits per heavy atom. The van der Waals surface area contributed by atoms with Crippen LogP contribution in [0.4, 0.5) is 5.82 Å². The average Bonchev–Trinajstić information content (AvgIpc) is 3.18. The van der Waals surface area contributed by atoms with E-state index < -0.39 is 0 Å². The third-order valence-electron chi connectivity index (χ3n) is 3.09. The van der Waals surface area contributed by atoms with Gasteiger partial charge in [0.05, 0.1) is 4.88 Å². The summed E-state index contributed by atoms with van der Waals surface area (Å²) in [7, 11) is 0. The number of rotatable bonds is 5. The van der Waals surface area contributed by atoms with Crippen LogP contribution in [0.1, 0.15) is 37.8 Å². The standard InChI is InChI=1S/C14H16BrN3S/c1-2-5-16-13-7-11(9-3-4-9)17-14(18-13)12-6-10(15)8-19-12/h6-9H,2-5H2,1H3,(H,16,17,18). The van der Waals surface area contributed by atoms with Gasteiger partial charge in [-0.05, 0) is 41.3 Å². The van der Waals surface area contributed by atoms with Gasteiger partial charge in [-0.25, -0.2) is 9.97 Å². The Morgan fingerprint density at radius 2 is 2.21 bits per heavy atom. The van der Waals surface area contributed by atoms with Gasteiger partial charge in [-0.15, -0.1) is 11.3 Å². The first-order valence-electron chi connectivity index (χ1n) is 6.63. The lowest BCUT2D eigenvalue weighted by Gasteiger charge is -2.08. The Labute approximate surface area is 125 Å².